The van der Waals surface area contributed by atoms with E-state index in [0.29, 0.717) is 57.1 Å². The Morgan fingerprint density at radius 2 is 1.93 bits per heavy atom. The number of halogens is 1. The average Bonchev–Trinajstić information content (AvgIpc) is 3.71. The number of rotatable bonds is 13. The fraction of sp³-hybridized carbons (Fsp3) is 0.312. The van der Waals surface area contributed by atoms with Crippen molar-refractivity contribution in [3.63, 3.8) is 0 Å². The van der Waals surface area contributed by atoms with Gasteiger partial charge in [-0.2, -0.15) is 0 Å². The first-order valence-electron chi connectivity index (χ1n) is 14.1. The molecular formula is C32H32ClN3O6S2. The van der Waals surface area contributed by atoms with Crippen molar-refractivity contribution in [2.24, 2.45) is 5.92 Å². The van der Waals surface area contributed by atoms with Gasteiger partial charge in [-0.3, -0.25) is 14.5 Å². The van der Waals surface area contributed by atoms with E-state index in [1.807, 2.05) is 31.2 Å². The maximum atomic E-state index is 13.8. The first-order valence-corrected chi connectivity index (χ1v) is 16.3. The number of carbonyl (C=O) groups is 2. The van der Waals surface area contributed by atoms with E-state index in [-0.39, 0.29) is 16.5 Å². The fourth-order valence-electron chi connectivity index (χ4n) is 4.64. The SMILES string of the molecule is CCOc1cc(C2C(C(=O)c3ccc(C)o3)=C(O)C(=O)N2c2nnc(SCc3ccccc3Cl)s2)ccc1OCCC(C)C. The molecule has 0 aliphatic carbocycles. The topological polar surface area (TPSA) is 115 Å². The zero-order chi connectivity index (χ0) is 31.4. The van der Waals surface area contributed by atoms with Crippen LogP contribution in [-0.4, -0.2) is 40.2 Å². The second-order valence-electron chi connectivity index (χ2n) is 10.5. The van der Waals surface area contributed by atoms with E-state index in [2.05, 4.69) is 24.0 Å². The smallest absolute Gasteiger partial charge is 0.296 e. The Bertz CT molecular complexity index is 1700. The van der Waals surface area contributed by atoms with Gasteiger partial charge in [0, 0.05) is 10.8 Å². The van der Waals surface area contributed by atoms with Crippen LogP contribution in [0.3, 0.4) is 0 Å². The minimum absolute atomic E-state index is 0.00983. The van der Waals surface area contributed by atoms with E-state index in [1.165, 1.54) is 34.1 Å². The number of hydrogen-bond donors (Lipinski definition) is 1. The molecule has 230 valence electrons. The third kappa shape index (κ3) is 6.80. The molecule has 1 aliphatic heterocycles. The highest BCUT2D eigenvalue weighted by molar-refractivity contribution is 8.00. The van der Waals surface area contributed by atoms with Crippen LogP contribution in [-0.2, 0) is 10.5 Å². The Morgan fingerprint density at radius 3 is 2.64 bits per heavy atom. The quantitative estimate of drug-likeness (QED) is 0.0871. The number of ether oxygens (including phenoxy) is 2. The molecule has 0 fully saturated rings. The molecule has 2 aromatic carbocycles. The number of benzene rings is 2. The van der Waals surface area contributed by atoms with Gasteiger partial charge in [-0.1, -0.05) is 72.8 Å². The molecule has 2 aromatic heterocycles. The summed E-state index contributed by atoms with van der Waals surface area (Å²) in [5.41, 5.74) is 1.33. The highest BCUT2D eigenvalue weighted by Gasteiger charge is 2.47. The number of ketones is 1. The van der Waals surface area contributed by atoms with Gasteiger partial charge in [-0.05, 0) is 67.6 Å². The lowest BCUT2D eigenvalue weighted by Crippen LogP contribution is -2.31. The molecule has 0 saturated heterocycles. The van der Waals surface area contributed by atoms with Gasteiger partial charge in [0.2, 0.25) is 10.9 Å². The van der Waals surface area contributed by atoms with E-state index in [1.54, 1.807) is 31.2 Å². The summed E-state index contributed by atoms with van der Waals surface area (Å²) in [6, 6.07) is 14.9. The minimum atomic E-state index is -1.03. The number of anilines is 1. The van der Waals surface area contributed by atoms with E-state index < -0.39 is 23.5 Å². The largest absolute Gasteiger partial charge is 0.503 e. The predicted octanol–water partition coefficient (Wildman–Crippen LogP) is 7.99. The van der Waals surface area contributed by atoms with E-state index in [0.717, 1.165) is 12.0 Å². The van der Waals surface area contributed by atoms with Crippen LogP contribution in [0.15, 0.2) is 74.7 Å². The van der Waals surface area contributed by atoms with Crippen LogP contribution in [0.5, 0.6) is 11.5 Å². The highest BCUT2D eigenvalue weighted by atomic mass is 35.5. The fourth-order valence-corrected chi connectivity index (χ4v) is 6.79. The van der Waals surface area contributed by atoms with Gasteiger partial charge in [-0.15, -0.1) is 10.2 Å². The zero-order valence-electron chi connectivity index (χ0n) is 24.7. The van der Waals surface area contributed by atoms with Crippen LogP contribution in [0.1, 0.15) is 60.7 Å². The number of aryl methyl sites for hydroxylation is 1. The van der Waals surface area contributed by atoms with Gasteiger partial charge in [0.1, 0.15) is 5.76 Å². The molecule has 0 spiro atoms. The first-order chi connectivity index (χ1) is 21.2. The number of thioether (sulfide) groups is 1. The van der Waals surface area contributed by atoms with Crippen molar-refractivity contribution in [2.45, 2.75) is 50.3 Å². The maximum Gasteiger partial charge on any atom is 0.296 e. The normalized spacial score (nSPS) is 15.0. The van der Waals surface area contributed by atoms with Crippen LogP contribution in [0.2, 0.25) is 5.02 Å². The molecule has 12 heteroatoms. The molecule has 3 heterocycles. The van der Waals surface area contributed by atoms with Gasteiger partial charge in [0.25, 0.3) is 5.91 Å². The summed E-state index contributed by atoms with van der Waals surface area (Å²) < 4.78 is 18.1. The van der Waals surface area contributed by atoms with E-state index in [9.17, 15) is 14.7 Å². The number of aromatic nitrogens is 2. The van der Waals surface area contributed by atoms with Crippen molar-refractivity contribution >= 4 is 51.5 Å². The summed E-state index contributed by atoms with van der Waals surface area (Å²) in [5.74, 6) is 0.504. The van der Waals surface area contributed by atoms with Crippen molar-refractivity contribution in [2.75, 3.05) is 18.1 Å². The molecule has 4 aromatic rings. The van der Waals surface area contributed by atoms with Gasteiger partial charge < -0.3 is 19.0 Å². The predicted molar refractivity (Wildman–Crippen MR) is 171 cm³/mol. The number of nitrogens with zero attached hydrogens (tertiary/aromatic N) is 3. The summed E-state index contributed by atoms with van der Waals surface area (Å²) in [7, 11) is 0. The third-order valence-corrected chi connectivity index (χ3v) is 9.34. The summed E-state index contributed by atoms with van der Waals surface area (Å²) in [6.07, 6.45) is 0.865. The summed E-state index contributed by atoms with van der Waals surface area (Å²) in [4.78, 5) is 28.7. The molecule has 5 rings (SSSR count). The molecule has 0 radical (unpaired) electrons. The molecule has 1 unspecified atom stereocenters. The second-order valence-corrected chi connectivity index (χ2v) is 13.1. The number of amides is 1. The van der Waals surface area contributed by atoms with Gasteiger partial charge in [-0.25, -0.2) is 0 Å². The molecule has 9 nitrogen and oxygen atoms in total. The van der Waals surface area contributed by atoms with E-state index >= 15 is 0 Å². The minimum Gasteiger partial charge on any atom is -0.503 e. The molecule has 1 aliphatic rings. The lowest BCUT2D eigenvalue weighted by molar-refractivity contribution is -0.117. The number of hydrogen-bond acceptors (Lipinski definition) is 10. The Morgan fingerprint density at radius 1 is 1.14 bits per heavy atom. The van der Waals surface area contributed by atoms with Crippen molar-refractivity contribution in [1.29, 1.82) is 0 Å². The summed E-state index contributed by atoms with van der Waals surface area (Å²) in [6.45, 7) is 8.69. The van der Waals surface area contributed by atoms with Gasteiger partial charge in [0.15, 0.2) is 27.4 Å². The highest BCUT2D eigenvalue weighted by Crippen LogP contribution is 2.45. The van der Waals surface area contributed by atoms with Crippen molar-refractivity contribution < 1.29 is 28.6 Å². The van der Waals surface area contributed by atoms with Crippen LogP contribution >= 0.6 is 34.7 Å². The summed E-state index contributed by atoms with van der Waals surface area (Å²) in [5, 5.41) is 20.6. The lowest BCUT2D eigenvalue weighted by atomic mass is 9.95. The number of aliphatic hydroxyl groups excluding tert-OH is 1. The number of furan rings is 1. The first kappa shape index (κ1) is 31.6. The summed E-state index contributed by atoms with van der Waals surface area (Å²) >= 11 is 8.92. The van der Waals surface area contributed by atoms with E-state index in [4.69, 9.17) is 25.5 Å². The Hall–Kier alpha value is -3.80. The molecule has 0 saturated carbocycles. The average molecular weight is 654 g/mol. The van der Waals surface area contributed by atoms with Crippen LogP contribution in [0.25, 0.3) is 0 Å². The Balaban J connectivity index is 1.52. The standard InChI is InChI=1S/C32H32ClN3O6S2/c1-5-40-25-16-20(11-13-23(25)41-15-14-18(2)3)27-26(28(37)24-12-10-19(4)42-24)29(38)30(39)36(27)31-34-35-32(44-31)43-17-21-8-6-7-9-22(21)33/h6-13,16,18,27,38H,5,14-15,17H2,1-4H3. The van der Waals surface area contributed by atoms with Crippen molar-refractivity contribution in [3.8, 4) is 11.5 Å². The molecular weight excluding hydrogens is 622 g/mol. The monoisotopic (exact) mass is 653 g/mol. The number of aliphatic hydroxyl groups is 1. The molecule has 44 heavy (non-hydrogen) atoms. The Kier molecular flexibility index (Phi) is 9.97. The molecule has 1 N–H and O–H groups in total. The van der Waals surface area contributed by atoms with Crippen molar-refractivity contribution in [3.05, 3.63) is 93.6 Å². The van der Waals surface area contributed by atoms with Crippen LogP contribution in [0, 0.1) is 12.8 Å². The molecule has 1 amide bonds. The Labute approximate surface area is 268 Å². The van der Waals surface area contributed by atoms with Crippen LogP contribution < -0.4 is 14.4 Å². The molecule has 1 atom stereocenters. The second kappa shape index (κ2) is 13.9. The molecule has 0 bridgehead atoms. The van der Waals surface area contributed by atoms with Crippen molar-refractivity contribution in [1.82, 2.24) is 10.2 Å². The zero-order valence-corrected chi connectivity index (χ0v) is 27.1. The van der Waals surface area contributed by atoms with Gasteiger partial charge >= 0.3 is 0 Å². The number of carbonyl (C=O) groups excluding carboxylic acids is 2. The third-order valence-electron chi connectivity index (χ3n) is 6.86. The lowest BCUT2D eigenvalue weighted by Gasteiger charge is -2.25. The van der Waals surface area contributed by atoms with Crippen LogP contribution in [0.4, 0.5) is 5.13 Å². The maximum absolute atomic E-state index is 13.8. The van der Waals surface area contributed by atoms with Gasteiger partial charge in [0.05, 0.1) is 24.8 Å². The number of Topliss-reactive ketones (excluding diaryl/α,β-unsaturated/α-hetero) is 1.